The van der Waals surface area contributed by atoms with Crippen molar-refractivity contribution in [1.82, 2.24) is 4.90 Å². The topological polar surface area (TPSA) is 100 Å². The van der Waals surface area contributed by atoms with Crippen molar-refractivity contribution in [3.8, 4) is 0 Å². The molecule has 3 aliphatic rings. The molecule has 0 aromatic heterocycles. The Morgan fingerprint density at radius 1 is 0.968 bits per heavy atom. The molecule has 0 radical (unpaired) electrons. The molecule has 1 aromatic rings. The van der Waals surface area contributed by atoms with Crippen molar-refractivity contribution in [2.75, 3.05) is 31.1 Å². The Hall–Kier alpha value is -2.70. The van der Waals surface area contributed by atoms with Crippen molar-refractivity contribution in [3.63, 3.8) is 0 Å². The highest BCUT2D eigenvalue weighted by molar-refractivity contribution is 6.25. The zero-order valence-electron chi connectivity index (χ0n) is 18.0. The van der Waals surface area contributed by atoms with Gasteiger partial charge in [0.1, 0.15) is 5.84 Å². The fourth-order valence-corrected chi connectivity index (χ4v) is 4.90. The molecule has 6 nitrogen and oxygen atoms in total. The monoisotopic (exact) mass is 419 g/mol. The Morgan fingerprint density at radius 3 is 2.23 bits per heavy atom. The molecule has 2 fully saturated rings. The van der Waals surface area contributed by atoms with Crippen molar-refractivity contribution in [3.05, 3.63) is 60.2 Å². The first-order valence-electron chi connectivity index (χ1n) is 11.3. The summed E-state index contributed by atoms with van der Waals surface area (Å²) in [6.45, 7) is 4.66. The summed E-state index contributed by atoms with van der Waals surface area (Å²) in [5, 5.41) is 26.5. The molecule has 1 aromatic carbocycles. The average Bonchev–Trinajstić information content (AvgIpc) is 3.33. The number of rotatable bonds is 6. The van der Waals surface area contributed by atoms with Crippen molar-refractivity contribution >= 4 is 22.8 Å². The van der Waals surface area contributed by atoms with Gasteiger partial charge in [0.2, 0.25) is 0 Å². The van der Waals surface area contributed by atoms with Crippen molar-refractivity contribution in [2.24, 2.45) is 11.7 Å². The van der Waals surface area contributed by atoms with E-state index < -0.39 is 12.0 Å². The predicted molar refractivity (Wildman–Crippen MR) is 128 cm³/mol. The maximum Gasteiger partial charge on any atom is 0.123 e. The first-order chi connectivity index (χ1) is 15.0. The number of hydrogen-bond donors (Lipinski definition) is 4. The van der Waals surface area contributed by atoms with Crippen LogP contribution in [0.4, 0.5) is 5.69 Å². The van der Waals surface area contributed by atoms with E-state index in [9.17, 15) is 5.11 Å². The predicted octanol–water partition coefficient (Wildman–Crippen LogP) is 3.19. The van der Waals surface area contributed by atoms with Gasteiger partial charge in [0, 0.05) is 42.0 Å². The third kappa shape index (κ3) is 4.97. The molecular formula is C25H33N5O. The lowest BCUT2D eigenvalue weighted by Gasteiger charge is -2.37. The number of piperidine rings is 1. The van der Waals surface area contributed by atoms with E-state index in [1.807, 2.05) is 18.2 Å². The molecule has 0 saturated carbocycles. The molecule has 2 heterocycles. The normalized spacial score (nSPS) is 25.2. The minimum Gasteiger partial charge on any atom is -0.388 e. The summed E-state index contributed by atoms with van der Waals surface area (Å²) in [6, 6.07) is 8.87. The van der Waals surface area contributed by atoms with Crippen molar-refractivity contribution < 1.29 is 5.11 Å². The van der Waals surface area contributed by atoms with Crippen LogP contribution in [-0.2, 0) is 0 Å². The number of nitrogens with two attached hydrogens (primary N) is 1. The van der Waals surface area contributed by atoms with Crippen LogP contribution in [0.5, 0.6) is 0 Å². The third-order valence-electron chi connectivity index (χ3n) is 6.72. The Bertz CT molecular complexity index is 887. The second-order valence-electron chi connectivity index (χ2n) is 8.72. The smallest absolute Gasteiger partial charge is 0.123 e. The lowest BCUT2D eigenvalue weighted by atomic mass is 9.90. The first-order valence-corrected chi connectivity index (χ1v) is 11.3. The number of benzene rings is 1. The second-order valence-corrected chi connectivity index (χ2v) is 8.72. The fraction of sp³-hybridized carbons (Fsp3) is 0.440. The van der Waals surface area contributed by atoms with E-state index in [1.54, 1.807) is 24.3 Å². The van der Waals surface area contributed by atoms with Gasteiger partial charge >= 0.3 is 0 Å². The lowest BCUT2D eigenvalue weighted by Crippen LogP contribution is -2.43. The molecule has 5 N–H and O–H groups in total. The van der Waals surface area contributed by atoms with E-state index in [-0.39, 0.29) is 11.5 Å². The van der Waals surface area contributed by atoms with Crippen LogP contribution in [0.1, 0.15) is 31.2 Å². The van der Waals surface area contributed by atoms with E-state index in [4.69, 9.17) is 16.6 Å². The van der Waals surface area contributed by atoms with Gasteiger partial charge in [-0.05, 0) is 62.5 Å². The van der Waals surface area contributed by atoms with Crippen LogP contribution in [-0.4, -0.2) is 59.9 Å². The van der Waals surface area contributed by atoms with Crippen molar-refractivity contribution in [2.45, 2.75) is 37.8 Å². The Morgan fingerprint density at radius 2 is 1.61 bits per heavy atom. The van der Waals surface area contributed by atoms with Gasteiger partial charge < -0.3 is 26.0 Å². The highest BCUT2D eigenvalue weighted by Gasteiger charge is 2.26. The minimum atomic E-state index is -0.729. The first kappa shape index (κ1) is 21.5. The number of nitrogens with one attached hydrogen (secondary N) is 2. The van der Waals surface area contributed by atoms with Crippen LogP contribution < -0.4 is 10.6 Å². The number of hydrogen-bond acceptors (Lipinski definition) is 5. The maximum atomic E-state index is 10.1. The highest BCUT2D eigenvalue weighted by atomic mass is 16.3. The fourth-order valence-electron chi connectivity index (χ4n) is 4.90. The highest BCUT2D eigenvalue weighted by Crippen LogP contribution is 2.27. The van der Waals surface area contributed by atoms with Crippen LogP contribution in [0.3, 0.4) is 0 Å². The van der Waals surface area contributed by atoms with Gasteiger partial charge in [-0.1, -0.05) is 36.4 Å². The van der Waals surface area contributed by atoms with Crippen LogP contribution in [0.15, 0.2) is 54.6 Å². The van der Waals surface area contributed by atoms with Gasteiger partial charge in [0.05, 0.1) is 6.10 Å². The number of allylic oxidation sites excluding steroid dienone is 3. The van der Waals surface area contributed by atoms with Crippen LogP contribution >= 0.6 is 0 Å². The van der Waals surface area contributed by atoms with Gasteiger partial charge in [-0.15, -0.1) is 0 Å². The summed E-state index contributed by atoms with van der Waals surface area (Å²) in [6.07, 6.45) is 13.1. The van der Waals surface area contributed by atoms with E-state index in [1.165, 1.54) is 44.5 Å². The van der Waals surface area contributed by atoms with Gasteiger partial charge in [-0.3, -0.25) is 5.41 Å². The zero-order valence-corrected chi connectivity index (χ0v) is 18.0. The molecule has 0 spiro atoms. The van der Waals surface area contributed by atoms with Crippen LogP contribution in [0.2, 0.25) is 0 Å². The van der Waals surface area contributed by atoms with Gasteiger partial charge in [-0.2, -0.15) is 0 Å². The minimum absolute atomic E-state index is 0.0752. The molecule has 2 unspecified atom stereocenters. The van der Waals surface area contributed by atoms with E-state index in [0.717, 1.165) is 24.7 Å². The average molecular weight is 420 g/mol. The molecule has 4 rings (SSSR count). The number of anilines is 1. The number of aliphatic hydroxyl groups is 1. The largest absolute Gasteiger partial charge is 0.388 e. The molecule has 2 atom stereocenters. The maximum absolute atomic E-state index is 10.1. The Kier molecular flexibility index (Phi) is 6.68. The quantitative estimate of drug-likeness (QED) is 0.420. The van der Waals surface area contributed by atoms with Crippen LogP contribution in [0, 0.1) is 16.7 Å². The molecule has 6 heteroatoms. The van der Waals surface area contributed by atoms with Gasteiger partial charge in [0.25, 0.3) is 0 Å². The summed E-state index contributed by atoms with van der Waals surface area (Å²) in [7, 11) is 0. The summed E-state index contributed by atoms with van der Waals surface area (Å²) < 4.78 is 0. The Labute approximate surface area is 184 Å². The summed E-state index contributed by atoms with van der Waals surface area (Å²) in [5.41, 5.74) is 8.61. The molecular weight excluding hydrogens is 386 g/mol. The zero-order chi connectivity index (χ0) is 21.8. The molecule has 0 bridgehead atoms. The van der Waals surface area contributed by atoms with E-state index in [0.29, 0.717) is 5.57 Å². The second kappa shape index (κ2) is 9.62. The number of amidine groups is 1. The SMILES string of the molecule is N=C(N)/C(=C\C(=N)C1C=CC=CC1O)c1ccc(N2CCC(N3CCCC3)CC2)cc1. The summed E-state index contributed by atoms with van der Waals surface area (Å²) in [5.74, 6) is -0.496. The van der Waals surface area contributed by atoms with Crippen LogP contribution in [0.25, 0.3) is 5.57 Å². The van der Waals surface area contributed by atoms with Crippen molar-refractivity contribution in [1.29, 1.82) is 10.8 Å². The lowest BCUT2D eigenvalue weighted by molar-refractivity contribution is 0.202. The summed E-state index contributed by atoms with van der Waals surface area (Å²) in [4.78, 5) is 5.10. The molecule has 31 heavy (non-hydrogen) atoms. The molecule has 1 aliphatic carbocycles. The van der Waals surface area contributed by atoms with E-state index in [2.05, 4.69) is 21.9 Å². The standard InChI is InChI=1S/C25H33N5O/c26-23(21-5-1-2-6-24(21)31)17-22(25(27)28)18-7-9-19(10-8-18)30-15-11-20(12-16-30)29-13-3-4-14-29/h1-2,5-10,17,20-21,24,26,31H,3-4,11-16H2,(H3,27,28)/b22-17-,26-23?. The third-order valence-corrected chi connectivity index (χ3v) is 6.72. The molecule has 2 aliphatic heterocycles. The Balaban J connectivity index is 1.43. The van der Waals surface area contributed by atoms with Gasteiger partial charge in [-0.25, -0.2) is 0 Å². The molecule has 2 saturated heterocycles. The summed E-state index contributed by atoms with van der Waals surface area (Å²) >= 11 is 0. The number of aliphatic hydroxyl groups excluding tert-OH is 1. The number of likely N-dealkylation sites (tertiary alicyclic amines) is 1. The van der Waals surface area contributed by atoms with Gasteiger partial charge in [0.15, 0.2) is 0 Å². The number of nitrogens with zero attached hydrogens (tertiary/aromatic N) is 2. The molecule has 164 valence electrons. The van der Waals surface area contributed by atoms with E-state index >= 15 is 0 Å². The molecule has 0 amide bonds.